The molecule has 1 aromatic heterocycles. The van der Waals surface area contributed by atoms with Crippen LogP contribution in [0.25, 0.3) is 10.9 Å². The molecule has 0 fully saturated rings. The third-order valence-electron chi connectivity index (χ3n) is 4.67. The second-order valence-corrected chi connectivity index (χ2v) is 6.52. The average molecular weight is 333 g/mol. The molecule has 0 bridgehead atoms. The van der Waals surface area contributed by atoms with Crippen molar-refractivity contribution in [3.05, 3.63) is 65.4 Å². The molecule has 1 aliphatic heterocycles. The minimum atomic E-state index is 0.473. The normalized spacial score (nSPS) is 13.3. The maximum absolute atomic E-state index is 6.15. The van der Waals surface area contributed by atoms with Gasteiger partial charge < -0.3 is 9.47 Å². The van der Waals surface area contributed by atoms with E-state index in [4.69, 9.17) is 14.5 Å². The van der Waals surface area contributed by atoms with E-state index in [-0.39, 0.29) is 0 Å². The first-order chi connectivity index (χ1) is 12.3. The summed E-state index contributed by atoms with van der Waals surface area (Å²) in [5.41, 5.74) is 4.47. The lowest BCUT2D eigenvalue weighted by Gasteiger charge is -2.22. The van der Waals surface area contributed by atoms with E-state index >= 15 is 0 Å². The fourth-order valence-electron chi connectivity index (χ4n) is 3.43. The van der Waals surface area contributed by atoms with Crippen molar-refractivity contribution in [1.29, 1.82) is 0 Å². The Morgan fingerprint density at radius 3 is 2.92 bits per heavy atom. The number of aromatic nitrogens is 1. The molecule has 0 N–H and O–H groups in total. The molecule has 25 heavy (non-hydrogen) atoms. The van der Waals surface area contributed by atoms with Gasteiger partial charge in [0.2, 0.25) is 0 Å². The number of benzene rings is 2. The third-order valence-corrected chi connectivity index (χ3v) is 4.67. The van der Waals surface area contributed by atoms with Crippen LogP contribution in [0.4, 0.5) is 0 Å². The molecule has 3 nitrogen and oxygen atoms in total. The van der Waals surface area contributed by atoms with Gasteiger partial charge in [0.05, 0.1) is 17.8 Å². The zero-order chi connectivity index (χ0) is 17.1. The van der Waals surface area contributed by atoms with E-state index in [2.05, 4.69) is 31.2 Å². The number of pyridine rings is 1. The number of para-hydroxylation sites is 1. The number of fused-ring (bicyclic) bond motifs is 2. The summed E-state index contributed by atoms with van der Waals surface area (Å²) >= 11 is 0. The Hall–Kier alpha value is -2.55. The molecule has 1 aliphatic rings. The summed E-state index contributed by atoms with van der Waals surface area (Å²) in [6.45, 7) is 3.47. The predicted octanol–water partition coefficient (Wildman–Crippen LogP) is 5.09. The van der Waals surface area contributed by atoms with Crippen LogP contribution in [-0.2, 0) is 19.4 Å². The SMILES string of the molecule is CCCc1c(OCc2ccc3ccccc3n2)ccc2c1OCCC2. The Kier molecular flexibility index (Phi) is 4.55. The average Bonchev–Trinajstić information content (AvgIpc) is 2.67. The van der Waals surface area contributed by atoms with Crippen molar-refractivity contribution in [2.75, 3.05) is 6.61 Å². The summed E-state index contributed by atoms with van der Waals surface area (Å²) in [6, 6.07) is 16.5. The molecule has 2 aromatic carbocycles. The van der Waals surface area contributed by atoms with Gasteiger partial charge in [-0.3, -0.25) is 0 Å². The van der Waals surface area contributed by atoms with Crippen LogP contribution >= 0.6 is 0 Å². The number of rotatable bonds is 5. The Morgan fingerprint density at radius 1 is 1.08 bits per heavy atom. The second kappa shape index (κ2) is 7.14. The second-order valence-electron chi connectivity index (χ2n) is 6.52. The van der Waals surface area contributed by atoms with Gasteiger partial charge in [-0.25, -0.2) is 4.98 Å². The van der Waals surface area contributed by atoms with Crippen molar-refractivity contribution >= 4 is 10.9 Å². The highest BCUT2D eigenvalue weighted by Crippen LogP contribution is 2.36. The summed E-state index contributed by atoms with van der Waals surface area (Å²) in [7, 11) is 0. The highest BCUT2D eigenvalue weighted by atomic mass is 16.5. The summed E-state index contributed by atoms with van der Waals surface area (Å²) < 4.78 is 12.1. The first-order valence-corrected chi connectivity index (χ1v) is 9.10. The number of nitrogens with zero attached hydrogens (tertiary/aromatic N) is 1. The van der Waals surface area contributed by atoms with E-state index in [1.54, 1.807) is 0 Å². The molecule has 4 rings (SSSR count). The highest BCUT2D eigenvalue weighted by Gasteiger charge is 2.18. The van der Waals surface area contributed by atoms with Crippen LogP contribution in [0.1, 0.15) is 36.6 Å². The van der Waals surface area contributed by atoms with Crippen LogP contribution in [0, 0.1) is 0 Å². The molecule has 0 atom stereocenters. The lowest BCUT2D eigenvalue weighted by Crippen LogP contribution is -2.12. The molecular weight excluding hydrogens is 310 g/mol. The zero-order valence-corrected chi connectivity index (χ0v) is 14.6. The molecule has 0 aliphatic carbocycles. The lowest BCUT2D eigenvalue weighted by molar-refractivity contribution is 0.271. The van der Waals surface area contributed by atoms with Gasteiger partial charge in [0.1, 0.15) is 18.1 Å². The van der Waals surface area contributed by atoms with Gasteiger partial charge in [0, 0.05) is 10.9 Å². The van der Waals surface area contributed by atoms with E-state index in [9.17, 15) is 0 Å². The molecule has 128 valence electrons. The van der Waals surface area contributed by atoms with Gasteiger partial charge in [-0.15, -0.1) is 0 Å². The molecule has 3 heteroatoms. The minimum absolute atomic E-state index is 0.473. The number of hydrogen-bond donors (Lipinski definition) is 0. The Bertz CT molecular complexity index is 888. The Labute approximate surface area is 148 Å². The molecular formula is C22H23NO2. The van der Waals surface area contributed by atoms with Crippen molar-refractivity contribution in [2.45, 2.75) is 39.2 Å². The fraction of sp³-hybridized carbons (Fsp3) is 0.318. The summed E-state index contributed by atoms with van der Waals surface area (Å²) in [5, 5.41) is 1.15. The van der Waals surface area contributed by atoms with Gasteiger partial charge in [0.15, 0.2) is 0 Å². The van der Waals surface area contributed by atoms with Crippen molar-refractivity contribution in [2.24, 2.45) is 0 Å². The van der Waals surface area contributed by atoms with E-state index < -0.39 is 0 Å². The molecule has 0 radical (unpaired) electrons. The van der Waals surface area contributed by atoms with Crippen LogP contribution in [0.3, 0.4) is 0 Å². The van der Waals surface area contributed by atoms with Gasteiger partial charge in [-0.1, -0.05) is 43.7 Å². The maximum Gasteiger partial charge on any atom is 0.130 e. The van der Waals surface area contributed by atoms with Gasteiger partial charge in [-0.2, -0.15) is 0 Å². The predicted molar refractivity (Wildman–Crippen MR) is 100 cm³/mol. The Balaban J connectivity index is 1.59. The Morgan fingerprint density at radius 2 is 2.00 bits per heavy atom. The molecule has 0 unspecified atom stereocenters. The van der Waals surface area contributed by atoms with E-state index in [1.165, 1.54) is 11.1 Å². The van der Waals surface area contributed by atoms with Crippen LogP contribution in [0.5, 0.6) is 11.5 Å². The van der Waals surface area contributed by atoms with Crippen molar-refractivity contribution < 1.29 is 9.47 Å². The summed E-state index contributed by atoms with van der Waals surface area (Å²) in [6.07, 6.45) is 4.24. The smallest absolute Gasteiger partial charge is 0.130 e. The van der Waals surface area contributed by atoms with Gasteiger partial charge in [-0.05, 0) is 43.0 Å². The van der Waals surface area contributed by atoms with Gasteiger partial charge >= 0.3 is 0 Å². The van der Waals surface area contributed by atoms with E-state index in [0.717, 1.165) is 60.4 Å². The number of aryl methyl sites for hydroxylation is 1. The standard InChI is InChI=1S/C22H23NO2/c1-2-6-19-21(13-11-17-8-5-14-24-22(17)19)25-15-18-12-10-16-7-3-4-9-20(16)23-18/h3-4,7,9-13H,2,5-6,8,14-15H2,1H3. The van der Waals surface area contributed by atoms with E-state index in [1.807, 2.05) is 24.3 Å². The first kappa shape index (κ1) is 15.9. The largest absolute Gasteiger partial charge is 0.493 e. The van der Waals surface area contributed by atoms with Crippen LogP contribution in [0.15, 0.2) is 48.5 Å². The molecule has 0 spiro atoms. The molecule has 0 amide bonds. The third kappa shape index (κ3) is 3.32. The van der Waals surface area contributed by atoms with E-state index in [0.29, 0.717) is 6.61 Å². The number of ether oxygens (including phenoxy) is 2. The van der Waals surface area contributed by atoms with Gasteiger partial charge in [0.25, 0.3) is 0 Å². The van der Waals surface area contributed by atoms with Crippen LogP contribution in [0.2, 0.25) is 0 Å². The number of hydrogen-bond acceptors (Lipinski definition) is 3. The topological polar surface area (TPSA) is 31.4 Å². The minimum Gasteiger partial charge on any atom is -0.493 e. The van der Waals surface area contributed by atoms with Crippen LogP contribution < -0.4 is 9.47 Å². The molecule has 2 heterocycles. The first-order valence-electron chi connectivity index (χ1n) is 9.10. The monoisotopic (exact) mass is 333 g/mol. The van der Waals surface area contributed by atoms with Crippen molar-refractivity contribution in [3.63, 3.8) is 0 Å². The highest BCUT2D eigenvalue weighted by molar-refractivity contribution is 5.78. The van der Waals surface area contributed by atoms with Crippen molar-refractivity contribution in [1.82, 2.24) is 4.98 Å². The molecule has 3 aromatic rings. The fourth-order valence-corrected chi connectivity index (χ4v) is 3.43. The maximum atomic E-state index is 6.15. The molecule has 0 saturated heterocycles. The zero-order valence-electron chi connectivity index (χ0n) is 14.6. The lowest BCUT2D eigenvalue weighted by atomic mass is 9.99. The van der Waals surface area contributed by atoms with Crippen LogP contribution in [-0.4, -0.2) is 11.6 Å². The van der Waals surface area contributed by atoms with Crippen molar-refractivity contribution in [3.8, 4) is 11.5 Å². The summed E-state index contributed by atoms with van der Waals surface area (Å²) in [4.78, 5) is 4.70. The molecule has 0 saturated carbocycles. The quantitative estimate of drug-likeness (QED) is 0.651. The summed E-state index contributed by atoms with van der Waals surface area (Å²) in [5.74, 6) is 1.98.